The van der Waals surface area contributed by atoms with Gasteiger partial charge in [-0.15, -0.1) is 11.8 Å². The number of hydrogen-bond donors (Lipinski definition) is 2. The summed E-state index contributed by atoms with van der Waals surface area (Å²) in [6.07, 6.45) is 0.618. The highest BCUT2D eigenvalue weighted by molar-refractivity contribution is 8.00. The zero-order valence-electron chi connectivity index (χ0n) is 5.37. The third kappa shape index (κ3) is 7.71. The Bertz CT molecular complexity index is 122. The first-order valence-electron chi connectivity index (χ1n) is 2.70. The molecule has 0 rings (SSSR count). The van der Waals surface area contributed by atoms with E-state index in [9.17, 15) is 4.79 Å². The molecule has 0 heterocycles. The fraction of sp³-hybridized carbons (Fsp3) is 0.600. The van der Waals surface area contributed by atoms with Gasteiger partial charge in [-0.05, 0) is 0 Å². The van der Waals surface area contributed by atoms with E-state index in [1.165, 1.54) is 11.8 Å². The fourth-order valence-corrected chi connectivity index (χ4v) is 1.25. The molecule has 0 aliphatic carbocycles. The first-order chi connectivity index (χ1) is 4.63. The molecule has 0 aliphatic heterocycles. The van der Waals surface area contributed by atoms with Gasteiger partial charge in [-0.1, -0.05) is 12.2 Å². The fourth-order valence-electron chi connectivity index (χ4n) is 0.332. The molecule has 0 unspecified atom stereocenters. The summed E-state index contributed by atoms with van der Waals surface area (Å²) in [5.74, 6) is 0.0255. The third-order valence-corrected chi connectivity index (χ3v) is 1.87. The minimum Gasteiger partial charge on any atom is -0.481 e. The Labute approximate surface area is 69.0 Å². The van der Waals surface area contributed by atoms with Crippen molar-refractivity contribution in [1.82, 2.24) is 0 Å². The molecule has 0 radical (unpaired) electrons. The second-order valence-corrected chi connectivity index (χ2v) is 3.29. The molecule has 10 heavy (non-hydrogen) atoms. The lowest BCUT2D eigenvalue weighted by Crippen LogP contribution is -2.09. The summed E-state index contributed by atoms with van der Waals surface area (Å²) in [7, 11) is 0. The van der Waals surface area contributed by atoms with E-state index in [-0.39, 0.29) is 5.75 Å². The molecule has 0 saturated carbocycles. The van der Waals surface area contributed by atoms with Crippen molar-refractivity contribution >= 4 is 34.9 Å². The molecule has 0 saturated heterocycles. The lowest BCUT2D eigenvalue weighted by molar-refractivity contribution is -0.133. The molecule has 0 atom stereocenters. The molecular formula is C5H9NO2S2. The Morgan fingerprint density at radius 1 is 1.70 bits per heavy atom. The molecule has 3 nitrogen and oxygen atoms in total. The van der Waals surface area contributed by atoms with Crippen LogP contribution in [-0.2, 0) is 4.79 Å². The van der Waals surface area contributed by atoms with Crippen molar-refractivity contribution in [3.8, 4) is 0 Å². The molecule has 0 aromatic rings. The summed E-state index contributed by atoms with van der Waals surface area (Å²) in [5, 5.41) is 8.19. The predicted octanol–water partition coefficient (Wildman–Crippen LogP) is 0.480. The molecular weight excluding hydrogens is 170 g/mol. The van der Waals surface area contributed by atoms with Crippen LogP contribution in [0.15, 0.2) is 0 Å². The van der Waals surface area contributed by atoms with E-state index in [1.807, 2.05) is 0 Å². The van der Waals surface area contributed by atoms with Gasteiger partial charge >= 0.3 is 5.97 Å². The minimum absolute atomic E-state index is 0.128. The molecule has 0 amide bonds. The maximum absolute atomic E-state index is 9.96. The molecule has 0 aromatic carbocycles. The highest BCUT2D eigenvalue weighted by atomic mass is 32.2. The second-order valence-electron chi connectivity index (χ2n) is 1.66. The van der Waals surface area contributed by atoms with E-state index in [1.54, 1.807) is 0 Å². The minimum atomic E-state index is -0.798. The number of rotatable bonds is 5. The molecule has 3 N–H and O–H groups in total. The molecule has 0 aliphatic rings. The highest BCUT2D eigenvalue weighted by Gasteiger charge is 1.96. The van der Waals surface area contributed by atoms with E-state index in [2.05, 4.69) is 12.2 Å². The van der Waals surface area contributed by atoms with Crippen molar-refractivity contribution in [2.45, 2.75) is 6.42 Å². The van der Waals surface area contributed by atoms with Gasteiger partial charge in [0.15, 0.2) is 0 Å². The normalized spacial score (nSPS) is 9.20. The van der Waals surface area contributed by atoms with Gasteiger partial charge in [0.25, 0.3) is 0 Å². The van der Waals surface area contributed by atoms with Gasteiger partial charge in [0, 0.05) is 12.2 Å². The summed E-state index contributed by atoms with van der Waals surface area (Å²) in [5.41, 5.74) is 5.18. The van der Waals surface area contributed by atoms with Gasteiger partial charge in [0.1, 0.15) is 0 Å². The Morgan fingerprint density at radius 2 is 2.30 bits per heavy atom. The van der Waals surface area contributed by atoms with Crippen molar-refractivity contribution in [1.29, 1.82) is 0 Å². The van der Waals surface area contributed by atoms with E-state index < -0.39 is 5.97 Å². The van der Waals surface area contributed by atoms with Crippen molar-refractivity contribution in [3.05, 3.63) is 0 Å². The van der Waals surface area contributed by atoms with Crippen LogP contribution in [0.2, 0.25) is 0 Å². The first-order valence-corrected chi connectivity index (χ1v) is 4.27. The predicted molar refractivity (Wildman–Crippen MR) is 46.4 cm³/mol. The Kier molecular flexibility index (Phi) is 5.33. The van der Waals surface area contributed by atoms with Gasteiger partial charge in [-0.3, -0.25) is 4.79 Å². The van der Waals surface area contributed by atoms with E-state index in [0.29, 0.717) is 17.2 Å². The second kappa shape index (κ2) is 5.49. The number of carboxylic acid groups (broad SMARTS) is 1. The van der Waals surface area contributed by atoms with Crippen LogP contribution >= 0.6 is 24.0 Å². The zero-order chi connectivity index (χ0) is 7.98. The van der Waals surface area contributed by atoms with Crippen molar-refractivity contribution < 1.29 is 9.90 Å². The lowest BCUT2D eigenvalue weighted by atomic mass is 10.5. The zero-order valence-corrected chi connectivity index (χ0v) is 7.00. The molecule has 0 bridgehead atoms. The van der Waals surface area contributed by atoms with E-state index >= 15 is 0 Å². The number of aliphatic carboxylic acids is 1. The topological polar surface area (TPSA) is 63.3 Å². The van der Waals surface area contributed by atoms with Crippen LogP contribution in [0.25, 0.3) is 0 Å². The van der Waals surface area contributed by atoms with Crippen LogP contribution in [-0.4, -0.2) is 27.6 Å². The van der Waals surface area contributed by atoms with Crippen molar-refractivity contribution in [2.75, 3.05) is 11.5 Å². The van der Waals surface area contributed by atoms with E-state index in [4.69, 9.17) is 10.8 Å². The molecule has 0 spiro atoms. The van der Waals surface area contributed by atoms with Gasteiger partial charge in [-0.2, -0.15) is 0 Å². The maximum Gasteiger partial charge on any atom is 0.313 e. The number of hydrogen-bond acceptors (Lipinski definition) is 3. The third-order valence-electron chi connectivity index (χ3n) is 0.718. The van der Waals surface area contributed by atoms with Gasteiger partial charge in [-0.25, -0.2) is 0 Å². The average molecular weight is 179 g/mol. The van der Waals surface area contributed by atoms with Gasteiger partial charge in [0.05, 0.1) is 10.7 Å². The van der Waals surface area contributed by atoms with Crippen molar-refractivity contribution in [2.24, 2.45) is 5.73 Å². The maximum atomic E-state index is 9.96. The highest BCUT2D eigenvalue weighted by Crippen LogP contribution is 2.01. The largest absolute Gasteiger partial charge is 0.481 e. The van der Waals surface area contributed by atoms with Crippen LogP contribution in [0, 0.1) is 0 Å². The number of thiocarbonyl (C=S) groups is 1. The van der Waals surface area contributed by atoms with Gasteiger partial charge in [0.2, 0.25) is 0 Å². The number of nitrogens with two attached hydrogens (primary N) is 1. The van der Waals surface area contributed by atoms with Crippen molar-refractivity contribution in [3.63, 3.8) is 0 Å². The molecule has 58 valence electrons. The average Bonchev–Trinajstić information content (AvgIpc) is 1.79. The molecule has 0 fully saturated rings. The summed E-state index contributed by atoms with van der Waals surface area (Å²) in [6, 6.07) is 0. The van der Waals surface area contributed by atoms with E-state index in [0.717, 1.165) is 0 Å². The summed E-state index contributed by atoms with van der Waals surface area (Å²) in [6.45, 7) is 0. The lowest BCUT2D eigenvalue weighted by Gasteiger charge is -1.95. The smallest absolute Gasteiger partial charge is 0.313 e. The SMILES string of the molecule is NC(=S)CCSCC(=O)O. The quantitative estimate of drug-likeness (QED) is 0.475. The Hall–Kier alpha value is -0.290. The van der Waals surface area contributed by atoms with Crippen LogP contribution in [0.1, 0.15) is 6.42 Å². The summed E-state index contributed by atoms with van der Waals surface area (Å²) >= 11 is 5.91. The number of carbonyl (C=O) groups is 1. The molecule has 0 aromatic heterocycles. The number of thioether (sulfide) groups is 1. The Balaban J connectivity index is 3.06. The summed E-state index contributed by atoms with van der Waals surface area (Å²) in [4.78, 5) is 10.4. The van der Waals surface area contributed by atoms with Crippen LogP contribution in [0.3, 0.4) is 0 Å². The van der Waals surface area contributed by atoms with Gasteiger partial charge < -0.3 is 10.8 Å². The summed E-state index contributed by atoms with van der Waals surface area (Å²) < 4.78 is 0. The number of carboxylic acids is 1. The van der Waals surface area contributed by atoms with Crippen LogP contribution < -0.4 is 5.73 Å². The Morgan fingerprint density at radius 3 is 2.70 bits per heavy atom. The van der Waals surface area contributed by atoms with Crippen LogP contribution in [0.4, 0.5) is 0 Å². The van der Waals surface area contributed by atoms with Crippen LogP contribution in [0.5, 0.6) is 0 Å². The first kappa shape index (κ1) is 9.71. The molecule has 5 heteroatoms. The standard InChI is InChI=1S/C5H9NO2S2/c6-4(9)1-2-10-3-5(7)8/h1-3H2,(H2,6,9)(H,7,8). The monoisotopic (exact) mass is 179 g/mol.